The first-order chi connectivity index (χ1) is 25.5. The molecule has 0 heterocycles. The van der Waals surface area contributed by atoms with Gasteiger partial charge >= 0.3 is 0 Å². The van der Waals surface area contributed by atoms with E-state index in [1.807, 2.05) is 55.4 Å². The monoisotopic (exact) mass is 742 g/mol. The number of rotatable bonds is 18. The Morgan fingerprint density at radius 3 is 1.00 bits per heavy atom. The van der Waals surface area contributed by atoms with Crippen molar-refractivity contribution < 1.29 is 29.4 Å². The topological polar surface area (TPSA) is 139 Å². The van der Waals surface area contributed by atoms with E-state index in [4.69, 9.17) is 0 Å². The molecule has 3 rings (SSSR count). The van der Waals surface area contributed by atoms with Crippen molar-refractivity contribution in [3.05, 3.63) is 96.1 Å². The summed E-state index contributed by atoms with van der Waals surface area (Å²) >= 11 is 0. The zero-order chi connectivity index (χ0) is 40.1. The Kier molecular flexibility index (Phi) is 16.4. The minimum atomic E-state index is -1.74. The normalized spacial score (nSPS) is 12.0. The molecule has 0 atom stereocenters. The summed E-state index contributed by atoms with van der Waals surface area (Å²) in [6, 6.07) is 23.2. The highest BCUT2D eigenvalue weighted by Crippen LogP contribution is 2.29. The number of benzene rings is 3. The lowest BCUT2D eigenvalue weighted by atomic mass is 9.86. The molecular formula is C44H62N4O6. The molecule has 0 bridgehead atoms. The van der Waals surface area contributed by atoms with Gasteiger partial charge in [0.1, 0.15) is 11.2 Å². The number of nitrogens with one attached hydrogen (secondary N) is 2. The van der Waals surface area contributed by atoms with Gasteiger partial charge in [0, 0.05) is 0 Å². The SMILES string of the molecule is CC(C)CCC(O)(CCC(C)C)C(=O)NN(C(=O)c1ccccc1C(=O)N(NC(=O)C(O)(CCC(C)C)CCC(C)C)c1ccccc1)c1ccccc1. The number of hydrogen-bond acceptors (Lipinski definition) is 6. The van der Waals surface area contributed by atoms with E-state index in [1.165, 1.54) is 12.1 Å². The van der Waals surface area contributed by atoms with Crippen LogP contribution in [0.2, 0.25) is 0 Å². The molecule has 0 aromatic heterocycles. The average molecular weight is 743 g/mol. The van der Waals surface area contributed by atoms with E-state index < -0.39 is 34.8 Å². The molecule has 0 aliphatic heterocycles. The summed E-state index contributed by atoms with van der Waals surface area (Å²) in [5.74, 6) is -1.93. The van der Waals surface area contributed by atoms with E-state index in [-0.39, 0.29) is 60.5 Å². The van der Waals surface area contributed by atoms with Gasteiger partial charge in [0.25, 0.3) is 23.6 Å². The highest BCUT2D eigenvalue weighted by Gasteiger charge is 2.40. The fraction of sp³-hybridized carbons (Fsp3) is 0.500. The Morgan fingerprint density at radius 2 is 0.741 bits per heavy atom. The van der Waals surface area contributed by atoms with Crippen LogP contribution in [0.5, 0.6) is 0 Å². The maximum atomic E-state index is 14.6. The largest absolute Gasteiger partial charge is 0.380 e. The van der Waals surface area contributed by atoms with Gasteiger partial charge in [-0.3, -0.25) is 30.0 Å². The molecule has 54 heavy (non-hydrogen) atoms. The van der Waals surface area contributed by atoms with Crippen LogP contribution in [0.1, 0.15) is 127 Å². The van der Waals surface area contributed by atoms with Gasteiger partial charge in [0.15, 0.2) is 0 Å². The second-order valence-corrected chi connectivity index (χ2v) is 16.2. The smallest absolute Gasteiger partial charge is 0.277 e. The van der Waals surface area contributed by atoms with Crippen molar-refractivity contribution in [2.45, 2.75) is 118 Å². The second-order valence-electron chi connectivity index (χ2n) is 16.2. The standard InChI is InChI=1S/C44H62N4O6/c1-31(2)23-27-43(53,28-24-32(3)4)41(51)45-47(35-17-11-9-12-18-35)39(49)37-21-15-16-22-38(37)40(50)48(36-19-13-10-14-20-36)46-42(52)44(54,29-25-33(5)6)30-26-34(7)8/h9-22,31-34,53-54H,23-30H2,1-8H3,(H,45,51)(H,46,52). The van der Waals surface area contributed by atoms with Gasteiger partial charge in [-0.2, -0.15) is 0 Å². The molecule has 3 aromatic rings. The third-order valence-electron chi connectivity index (χ3n) is 9.64. The summed E-state index contributed by atoms with van der Waals surface area (Å²) < 4.78 is 0. The van der Waals surface area contributed by atoms with E-state index in [0.717, 1.165) is 10.0 Å². The van der Waals surface area contributed by atoms with Crippen LogP contribution < -0.4 is 20.9 Å². The highest BCUT2D eigenvalue weighted by atomic mass is 16.3. The fourth-order valence-corrected chi connectivity index (χ4v) is 5.94. The van der Waals surface area contributed by atoms with Crippen molar-refractivity contribution in [3.63, 3.8) is 0 Å². The molecule has 0 unspecified atom stereocenters. The van der Waals surface area contributed by atoms with Crippen molar-refractivity contribution in [2.24, 2.45) is 23.7 Å². The Labute approximate surface area is 322 Å². The number of anilines is 2. The molecular weight excluding hydrogens is 681 g/mol. The van der Waals surface area contributed by atoms with E-state index in [2.05, 4.69) is 10.9 Å². The van der Waals surface area contributed by atoms with Crippen LogP contribution in [0.3, 0.4) is 0 Å². The molecule has 3 aromatic carbocycles. The van der Waals surface area contributed by atoms with Crippen molar-refractivity contribution in [1.29, 1.82) is 0 Å². The van der Waals surface area contributed by atoms with Crippen molar-refractivity contribution in [3.8, 4) is 0 Å². The second kappa shape index (κ2) is 20.2. The summed E-state index contributed by atoms with van der Waals surface area (Å²) in [5.41, 5.74) is 2.48. The van der Waals surface area contributed by atoms with Crippen molar-refractivity contribution in [2.75, 3.05) is 10.0 Å². The fourth-order valence-electron chi connectivity index (χ4n) is 5.94. The zero-order valence-corrected chi connectivity index (χ0v) is 33.5. The summed E-state index contributed by atoms with van der Waals surface area (Å²) in [5, 5.41) is 25.7. The number of carbonyl (C=O) groups is 4. The molecule has 4 amide bonds. The van der Waals surface area contributed by atoms with E-state index >= 15 is 0 Å². The van der Waals surface area contributed by atoms with E-state index in [1.54, 1.807) is 72.8 Å². The molecule has 0 aliphatic carbocycles. The van der Waals surface area contributed by atoms with Crippen LogP contribution in [0, 0.1) is 23.7 Å². The summed E-state index contributed by atoms with van der Waals surface area (Å²) in [6.45, 7) is 16.2. The summed E-state index contributed by atoms with van der Waals surface area (Å²) in [4.78, 5) is 57.3. The van der Waals surface area contributed by atoms with Gasteiger partial charge in [-0.15, -0.1) is 0 Å². The van der Waals surface area contributed by atoms with Crippen LogP contribution >= 0.6 is 0 Å². The molecule has 4 N–H and O–H groups in total. The molecule has 0 aliphatic rings. The highest BCUT2D eigenvalue weighted by molar-refractivity contribution is 6.17. The Morgan fingerprint density at radius 1 is 0.481 bits per heavy atom. The van der Waals surface area contributed by atoms with Gasteiger partial charge in [-0.1, -0.05) is 104 Å². The molecule has 0 fully saturated rings. The lowest BCUT2D eigenvalue weighted by molar-refractivity contribution is -0.142. The molecule has 0 radical (unpaired) electrons. The molecule has 10 heteroatoms. The predicted molar refractivity (Wildman–Crippen MR) is 215 cm³/mol. The first-order valence-electron chi connectivity index (χ1n) is 19.4. The Hall–Kier alpha value is -4.54. The van der Waals surface area contributed by atoms with Gasteiger partial charge < -0.3 is 10.2 Å². The molecule has 294 valence electrons. The number of nitrogens with zero attached hydrogens (tertiary/aromatic N) is 2. The van der Waals surface area contributed by atoms with Crippen LogP contribution in [-0.4, -0.2) is 45.0 Å². The van der Waals surface area contributed by atoms with Gasteiger partial charge in [-0.05, 0) is 111 Å². The van der Waals surface area contributed by atoms with Crippen molar-refractivity contribution in [1.82, 2.24) is 10.9 Å². The lowest BCUT2D eigenvalue weighted by Gasteiger charge is -2.33. The van der Waals surface area contributed by atoms with Crippen LogP contribution in [0.25, 0.3) is 0 Å². The number of aliphatic hydroxyl groups is 2. The molecule has 0 saturated carbocycles. The summed E-state index contributed by atoms with van der Waals surface area (Å²) in [7, 11) is 0. The minimum Gasteiger partial charge on any atom is -0.380 e. The summed E-state index contributed by atoms with van der Waals surface area (Å²) in [6.07, 6.45) is 3.24. The number of amides is 4. The van der Waals surface area contributed by atoms with Crippen LogP contribution in [0.4, 0.5) is 11.4 Å². The molecule has 0 saturated heterocycles. The van der Waals surface area contributed by atoms with Crippen LogP contribution in [-0.2, 0) is 9.59 Å². The lowest BCUT2D eigenvalue weighted by Crippen LogP contribution is -2.57. The quantitative estimate of drug-likeness (QED) is 0.0969. The molecule has 10 nitrogen and oxygen atoms in total. The van der Waals surface area contributed by atoms with Gasteiger partial charge in [0.05, 0.1) is 22.5 Å². The number of hydrazine groups is 2. The van der Waals surface area contributed by atoms with E-state index in [9.17, 15) is 29.4 Å². The van der Waals surface area contributed by atoms with Crippen LogP contribution in [0.15, 0.2) is 84.9 Å². The van der Waals surface area contributed by atoms with Gasteiger partial charge in [-0.25, -0.2) is 10.0 Å². The maximum Gasteiger partial charge on any atom is 0.277 e. The third-order valence-corrected chi connectivity index (χ3v) is 9.64. The van der Waals surface area contributed by atoms with Gasteiger partial charge in [0.2, 0.25) is 0 Å². The number of hydrogen-bond donors (Lipinski definition) is 4. The maximum absolute atomic E-state index is 14.6. The number of carbonyl (C=O) groups excluding carboxylic acids is 4. The third kappa shape index (κ3) is 12.5. The minimum absolute atomic E-state index is 0.0513. The Balaban J connectivity index is 2.08. The van der Waals surface area contributed by atoms with E-state index in [0.29, 0.717) is 37.1 Å². The van der Waals surface area contributed by atoms with Crippen molar-refractivity contribution >= 4 is 35.0 Å². The Bertz CT molecular complexity index is 1510. The predicted octanol–water partition coefficient (Wildman–Crippen LogP) is 8.25. The molecule has 0 spiro atoms. The zero-order valence-electron chi connectivity index (χ0n) is 33.5. The first kappa shape index (κ1) is 43.9. The average Bonchev–Trinajstić information content (AvgIpc) is 3.15. The number of para-hydroxylation sites is 2. The first-order valence-corrected chi connectivity index (χ1v) is 19.4.